The first-order valence-electron chi connectivity index (χ1n) is 9.59. The monoisotopic (exact) mass is 433 g/mol. The minimum Gasteiger partial charge on any atom is -0.391 e. The van der Waals surface area contributed by atoms with Crippen LogP contribution >= 0.6 is 0 Å². The number of hydrogen-bond donors (Lipinski definition) is 2. The minimum atomic E-state index is -4.16. The fourth-order valence-electron chi connectivity index (χ4n) is 3.46. The zero-order chi connectivity index (χ0) is 21.7. The van der Waals surface area contributed by atoms with E-state index in [9.17, 15) is 28.4 Å². The topological polar surface area (TPSA) is 130 Å². The number of hydrogen-bond acceptors (Lipinski definition) is 6. The highest BCUT2D eigenvalue weighted by Crippen LogP contribution is 2.27. The normalized spacial score (nSPS) is 19.1. The summed E-state index contributed by atoms with van der Waals surface area (Å²) >= 11 is 0. The average Bonchev–Trinajstić information content (AvgIpc) is 2.74. The molecule has 1 fully saturated rings. The number of carbonyl (C=O) groups excluding carboxylic acids is 1. The number of non-ortho nitro benzene ring substituents is 1. The van der Waals surface area contributed by atoms with Gasteiger partial charge in [-0.2, -0.15) is 0 Å². The fourth-order valence-corrected chi connectivity index (χ4v) is 4.89. The summed E-state index contributed by atoms with van der Waals surface area (Å²) in [6.07, 6.45) is 2.23. The van der Waals surface area contributed by atoms with Crippen molar-refractivity contribution >= 4 is 27.3 Å². The van der Waals surface area contributed by atoms with Crippen LogP contribution in [0.25, 0.3) is 0 Å². The molecule has 1 amide bonds. The SMILES string of the molecule is O=C(CN(c1cccc([N+](=O)[O-])c1)S(=O)(=O)c1ccccc1)N[C@@H]1CCCC[C@H]1O. The van der Waals surface area contributed by atoms with Crippen molar-refractivity contribution in [2.45, 2.75) is 42.7 Å². The van der Waals surface area contributed by atoms with Crippen molar-refractivity contribution in [3.05, 3.63) is 64.7 Å². The van der Waals surface area contributed by atoms with E-state index in [1.54, 1.807) is 18.2 Å². The van der Waals surface area contributed by atoms with Crippen LogP contribution < -0.4 is 9.62 Å². The van der Waals surface area contributed by atoms with Crippen molar-refractivity contribution < 1.29 is 23.2 Å². The number of aliphatic hydroxyl groups is 1. The zero-order valence-corrected chi connectivity index (χ0v) is 17.0. The van der Waals surface area contributed by atoms with Gasteiger partial charge in [0.2, 0.25) is 5.91 Å². The zero-order valence-electron chi connectivity index (χ0n) is 16.2. The lowest BCUT2D eigenvalue weighted by molar-refractivity contribution is -0.384. The van der Waals surface area contributed by atoms with Crippen molar-refractivity contribution in [1.29, 1.82) is 0 Å². The molecule has 2 N–H and O–H groups in total. The Hall–Kier alpha value is -2.98. The van der Waals surface area contributed by atoms with Crippen molar-refractivity contribution in [3.63, 3.8) is 0 Å². The van der Waals surface area contributed by atoms with E-state index in [1.165, 1.54) is 30.3 Å². The number of nitro groups is 1. The Bertz CT molecular complexity index is 1010. The van der Waals surface area contributed by atoms with Gasteiger partial charge in [-0.25, -0.2) is 8.42 Å². The van der Waals surface area contributed by atoms with Crippen LogP contribution in [0.4, 0.5) is 11.4 Å². The van der Waals surface area contributed by atoms with E-state index in [4.69, 9.17) is 0 Å². The van der Waals surface area contributed by atoms with Crippen molar-refractivity contribution in [2.24, 2.45) is 0 Å². The smallest absolute Gasteiger partial charge is 0.271 e. The Kier molecular flexibility index (Phi) is 6.68. The van der Waals surface area contributed by atoms with E-state index in [2.05, 4.69) is 5.32 Å². The van der Waals surface area contributed by atoms with Gasteiger partial charge in [0.15, 0.2) is 0 Å². The number of anilines is 1. The molecule has 0 unspecified atom stereocenters. The number of benzene rings is 2. The lowest BCUT2D eigenvalue weighted by Crippen LogP contribution is -2.49. The summed E-state index contributed by atoms with van der Waals surface area (Å²) in [5.41, 5.74) is -0.281. The van der Waals surface area contributed by atoms with Crippen LogP contribution in [0.1, 0.15) is 25.7 Å². The first-order chi connectivity index (χ1) is 14.3. The van der Waals surface area contributed by atoms with Crippen LogP contribution in [0.15, 0.2) is 59.5 Å². The lowest BCUT2D eigenvalue weighted by atomic mass is 9.92. The molecular weight excluding hydrogens is 410 g/mol. The third kappa shape index (κ3) is 4.95. The van der Waals surface area contributed by atoms with Crippen LogP contribution in [0, 0.1) is 10.1 Å². The van der Waals surface area contributed by atoms with Crippen molar-refractivity contribution in [1.82, 2.24) is 5.32 Å². The molecule has 0 spiro atoms. The minimum absolute atomic E-state index is 0.00685. The molecule has 3 rings (SSSR count). The molecule has 0 aromatic heterocycles. The Morgan fingerprint density at radius 1 is 1.13 bits per heavy atom. The highest BCUT2D eigenvalue weighted by molar-refractivity contribution is 7.92. The third-order valence-corrected chi connectivity index (χ3v) is 6.81. The molecule has 2 aromatic carbocycles. The maximum absolute atomic E-state index is 13.2. The summed E-state index contributed by atoms with van der Waals surface area (Å²) in [5, 5.41) is 23.9. The second-order valence-electron chi connectivity index (χ2n) is 7.13. The molecule has 0 radical (unpaired) electrons. The lowest BCUT2D eigenvalue weighted by Gasteiger charge is -2.30. The number of nitrogens with one attached hydrogen (secondary N) is 1. The maximum Gasteiger partial charge on any atom is 0.271 e. The van der Waals surface area contributed by atoms with Crippen LogP contribution in [0.2, 0.25) is 0 Å². The molecule has 0 saturated heterocycles. The van der Waals surface area contributed by atoms with Gasteiger partial charge in [-0.05, 0) is 31.0 Å². The highest BCUT2D eigenvalue weighted by atomic mass is 32.2. The molecule has 2 aromatic rings. The summed E-state index contributed by atoms with van der Waals surface area (Å²) in [6.45, 7) is -0.568. The molecule has 1 saturated carbocycles. The van der Waals surface area contributed by atoms with Gasteiger partial charge in [-0.1, -0.05) is 37.1 Å². The summed E-state index contributed by atoms with van der Waals surface area (Å²) in [7, 11) is -4.16. The quantitative estimate of drug-likeness (QED) is 0.509. The van der Waals surface area contributed by atoms with Gasteiger partial charge in [0.1, 0.15) is 6.54 Å². The number of sulfonamides is 1. The molecule has 0 aliphatic heterocycles. The van der Waals surface area contributed by atoms with Crippen LogP contribution in [-0.4, -0.2) is 43.0 Å². The number of nitrogens with zero attached hydrogens (tertiary/aromatic N) is 2. The van der Waals surface area contributed by atoms with E-state index in [-0.39, 0.29) is 16.3 Å². The van der Waals surface area contributed by atoms with Crippen molar-refractivity contribution in [3.8, 4) is 0 Å². The largest absolute Gasteiger partial charge is 0.391 e. The van der Waals surface area contributed by atoms with Gasteiger partial charge < -0.3 is 10.4 Å². The molecule has 2 atom stereocenters. The summed E-state index contributed by atoms with van der Waals surface area (Å²) < 4.78 is 27.3. The molecule has 160 valence electrons. The van der Waals surface area contributed by atoms with Crippen LogP contribution in [-0.2, 0) is 14.8 Å². The van der Waals surface area contributed by atoms with Gasteiger partial charge in [0, 0.05) is 12.1 Å². The number of carbonyl (C=O) groups is 1. The Morgan fingerprint density at radius 3 is 2.50 bits per heavy atom. The molecule has 10 heteroatoms. The molecular formula is C20H23N3O6S. The van der Waals surface area contributed by atoms with Gasteiger partial charge in [0.25, 0.3) is 15.7 Å². The van der Waals surface area contributed by atoms with Crippen molar-refractivity contribution in [2.75, 3.05) is 10.8 Å². The van der Waals surface area contributed by atoms with E-state index in [0.717, 1.165) is 23.2 Å². The Labute approximate surface area is 174 Å². The number of rotatable bonds is 7. The van der Waals surface area contributed by atoms with E-state index >= 15 is 0 Å². The van der Waals surface area contributed by atoms with Crippen LogP contribution in [0.3, 0.4) is 0 Å². The second-order valence-corrected chi connectivity index (χ2v) is 8.99. The highest BCUT2D eigenvalue weighted by Gasteiger charge is 2.30. The second kappa shape index (κ2) is 9.23. The Morgan fingerprint density at radius 2 is 1.83 bits per heavy atom. The molecule has 0 bridgehead atoms. The predicted octanol–water partition coefficient (Wildman–Crippen LogP) is 2.21. The molecule has 0 heterocycles. The van der Waals surface area contributed by atoms with Gasteiger partial charge in [-0.3, -0.25) is 19.2 Å². The molecule has 30 heavy (non-hydrogen) atoms. The molecule has 1 aliphatic rings. The van der Waals surface area contributed by atoms with Gasteiger partial charge >= 0.3 is 0 Å². The van der Waals surface area contributed by atoms with E-state index in [0.29, 0.717) is 12.8 Å². The number of aliphatic hydroxyl groups excluding tert-OH is 1. The average molecular weight is 433 g/mol. The third-order valence-electron chi connectivity index (χ3n) is 5.02. The standard InChI is InChI=1S/C20H23N3O6S/c24-19-12-5-4-11-18(19)21-20(25)14-22(15-7-6-8-16(13-15)23(26)27)30(28,29)17-9-2-1-3-10-17/h1-3,6-10,13,18-19,24H,4-5,11-12,14H2,(H,21,25)/t18-,19-/m1/s1. The Balaban J connectivity index is 1.92. The van der Waals surface area contributed by atoms with E-state index in [1.807, 2.05) is 0 Å². The molecule has 1 aliphatic carbocycles. The molecule has 9 nitrogen and oxygen atoms in total. The van der Waals surface area contributed by atoms with E-state index < -0.39 is 39.5 Å². The summed E-state index contributed by atoms with van der Waals surface area (Å²) in [6, 6.07) is 12.2. The summed E-state index contributed by atoms with van der Waals surface area (Å²) in [4.78, 5) is 23.2. The number of nitro benzene ring substituents is 1. The van der Waals surface area contributed by atoms with Gasteiger partial charge in [-0.15, -0.1) is 0 Å². The summed E-state index contributed by atoms with van der Waals surface area (Å²) in [5.74, 6) is -0.591. The fraction of sp³-hybridized carbons (Fsp3) is 0.350. The first kappa shape index (κ1) is 21.7. The first-order valence-corrected chi connectivity index (χ1v) is 11.0. The predicted molar refractivity (Wildman–Crippen MR) is 110 cm³/mol. The maximum atomic E-state index is 13.2. The van der Waals surface area contributed by atoms with Crippen LogP contribution in [0.5, 0.6) is 0 Å². The van der Waals surface area contributed by atoms with Gasteiger partial charge in [0.05, 0.1) is 27.7 Å². The number of amides is 1.